The van der Waals surface area contributed by atoms with Gasteiger partial charge in [0.2, 0.25) is 5.96 Å². The SMILES string of the molecule is CCC(N=C(N)N=C(CC)N(C)CCc1ccc(O)c(O)c1)=NC. The van der Waals surface area contributed by atoms with Crippen LogP contribution in [0.4, 0.5) is 0 Å². The fraction of sp³-hybridized carbons (Fsp3) is 0.471. The lowest BCUT2D eigenvalue weighted by Crippen LogP contribution is -2.30. The summed E-state index contributed by atoms with van der Waals surface area (Å²) >= 11 is 0. The van der Waals surface area contributed by atoms with E-state index in [0.29, 0.717) is 25.2 Å². The molecule has 7 heteroatoms. The number of hydrogen-bond donors (Lipinski definition) is 3. The molecular weight excluding hydrogens is 306 g/mol. The summed E-state index contributed by atoms with van der Waals surface area (Å²) in [7, 11) is 3.61. The van der Waals surface area contributed by atoms with Crippen LogP contribution in [0.2, 0.25) is 0 Å². The molecule has 0 aliphatic heterocycles. The summed E-state index contributed by atoms with van der Waals surface area (Å²) in [6.45, 7) is 4.67. The molecule has 0 fully saturated rings. The third-order valence-corrected chi connectivity index (χ3v) is 3.59. The number of phenolic OH excluding ortho intramolecular Hbond substituents is 2. The van der Waals surface area contributed by atoms with E-state index in [9.17, 15) is 10.2 Å². The molecule has 0 unspecified atom stereocenters. The average molecular weight is 333 g/mol. The van der Waals surface area contributed by atoms with Crippen LogP contribution in [-0.4, -0.2) is 53.4 Å². The number of nitrogens with zero attached hydrogens (tertiary/aromatic N) is 4. The fourth-order valence-corrected chi connectivity index (χ4v) is 2.16. The van der Waals surface area contributed by atoms with Crippen molar-refractivity contribution in [1.82, 2.24) is 4.90 Å². The molecule has 0 bridgehead atoms. The summed E-state index contributed by atoms with van der Waals surface area (Å²) in [6, 6.07) is 4.83. The Bertz CT molecular complexity index is 638. The molecule has 132 valence electrons. The molecule has 1 rings (SSSR count). The van der Waals surface area contributed by atoms with Crippen molar-refractivity contribution < 1.29 is 10.2 Å². The molecule has 0 radical (unpaired) electrons. The standard InChI is InChI=1S/C17H27N5O2/c1-5-15(19-3)20-17(18)21-16(6-2)22(4)10-9-12-7-8-13(23)14(24)11-12/h7-8,11,23-24H,5-6,9-10H2,1-4H3,(H2,18,19,20). The minimum atomic E-state index is -0.115. The highest BCUT2D eigenvalue weighted by molar-refractivity contribution is 6.01. The number of benzene rings is 1. The molecule has 0 aliphatic rings. The first-order valence-corrected chi connectivity index (χ1v) is 8.00. The highest BCUT2D eigenvalue weighted by Gasteiger charge is 2.07. The molecule has 0 saturated carbocycles. The van der Waals surface area contributed by atoms with Gasteiger partial charge in [-0.1, -0.05) is 19.9 Å². The quantitative estimate of drug-likeness (QED) is 0.436. The minimum absolute atomic E-state index is 0.109. The van der Waals surface area contributed by atoms with E-state index >= 15 is 0 Å². The predicted molar refractivity (Wildman–Crippen MR) is 99.1 cm³/mol. The summed E-state index contributed by atoms with van der Waals surface area (Å²) in [5.41, 5.74) is 6.81. The molecule has 1 aromatic rings. The fourth-order valence-electron chi connectivity index (χ4n) is 2.16. The summed E-state index contributed by atoms with van der Waals surface area (Å²) in [6.07, 6.45) is 2.13. The van der Waals surface area contributed by atoms with Crippen molar-refractivity contribution in [2.45, 2.75) is 33.1 Å². The molecule has 0 aromatic heterocycles. The lowest BCUT2D eigenvalue weighted by atomic mass is 10.1. The molecule has 7 nitrogen and oxygen atoms in total. The summed E-state index contributed by atoms with van der Waals surface area (Å²) < 4.78 is 0. The number of likely N-dealkylation sites (N-methyl/N-ethyl adjacent to an activating group) is 1. The maximum atomic E-state index is 9.54. The van der Waals surface area contributed by atoms with Crippen molar-refractivity contribution in [3.8, 4) is 11.5 Å². The highest BCUT2D eigenvalue weighted by atomic mass is 16.3. The summed E-state index contributed by atoms with van der Waals surface area (Å²) in [5.74, 6) is 1.46. The molecule has 0 amide bonds. The van der Waals surface area contributed by atoms with Gasteiger partial charge in [-0.25, -0.2) is 4.99 Å². The molecule has 0 atom stereocenters. The molecule has 24 heavy (non-hydrogen) atoms. The summed E-state index contributed by atoms with van der Waals surface area (Å²) in [4.78, 5) is 14.6. The minimum Gasteiger partial charge on any atom is -0.504 e. The van der Waals surface area contributed by atoms with Gasteiger partial charge in [0, 0.05) is 33.5 Å². The van der Waals surface area contributed by atoms with Crippen LogP contribution in [-0.2, 0) is 6.42 Å². The van der Waals surface area contributed by atoms with Gasteiger partial charge in [-0.2, -0.15) is 4.99 Å². The number of phenols is 2. The van der Waals surface area contributed by atoms with Crippen molar-refractivity contribution in [2.75, 3.05) is 20.6 Å². The van der Waals surface area contributed by atoms with E-state index in [1.807, 2.05) is 25.8 Å². The number of aromatic hydroxyl groups is 2. The van der Waals surface area contributed by atoms with Crippen molar-refractivity contribution >= 4 is 17.6 Å². The van der Waals surface area contributed by atoms with E-state index in [1.54, 1.807) is 19.2 Å². The van der Waals surface area contributed by atoms with E-state index in [1.165, 1.54) is 6.07 Å². The molecule has 1 aromatic carbocycles. The number of aliphatic imine (C=N–C) groups is 3. The maximum Gasteiger partial charge on any atom is 0.223 e. The second-order valence-electron chi connectivity index (χ2n) is 5.34. The van der Waals surface area contributed by atoms with Crippen molar-refractivity contribution in [3.05, 3.63) is 23.8 Å². The van der Waals surface area contributed by atoms with Crippen LogP contribution >= 0.6 is 0 Å². The Labute approximate surface area is 143 Å². The topological polar surface area (TPSA) is 107 Å². The van der Waals surface area contributed by atoms with Gasteiger partial charge < -0.3 is 20.8 Å². The Morgan fingerprint density at radius 1 is 1.12 bits per heavy atom. The van der Waals surface area contributed by atoms with E-state index in [2.05, 4.69) is 15.0 Å². The van der Waals surface area contributed by atoms with Crippen molar-refractivity contribution in [2.24, 2.45) is 20.7 Å². The Morgan fingerprint density at radius 2 is 1.83 bits per heavy atom. The zero-order valence-corrected chi connectivity index (χ0v) is 14.8. The number of hydrogen-bond acceptors (Lipinski definition) is 3. The van der Waals surface area contributed by atoms with Crippen LogP contribution in [0, 0.1) is 0 Å². The number of amidine groups is 2. The van der Waals surface area contributed by atoms with Gasteiger partial charge in [0.25, 0.3) is 0 Å². The van der Waals surface area contributed by atoms with Gasteiger partial charge >= 0.3 is 0 Å². The van der Waals surface area contributed by atoms with Crippen molar-refractivity contribution in [3.63, 3.8) is 0 Å². The first kappa shape index (κ1) is 19.5. The number of rotatable bonds is 5. The Hall–Kier alpha value is -2.57. The molecule has 4 N–H and O–H groups in total. The van der Waals surface area contributed by atoms with Crippen LogP contribution in [0.25, 0.3) is 0 Å². The second-order valence-corrected chi connectivity index (χ2v) is 5.34. The number of nitrogens with two attached hydrogens (primary N) is 1. The molecule has 0 saturated heterocycles. The first-order chi connectivity index (χ1) is 11.4. The molecular formula is C17H27N5O2. The van der Waals surface area contributed by atoms with E-state index < -0.39 is 0 Å². The monoisotopic (exact) mass is 333 g/mol. The molecule has 0 spiro atoms. The van der Waals surface area contributed by atoms with Gasteiger partial charge in [-0.3, -0.25) is 4.99 Å². The van der Waals surface area contributed by atoms with Gasteiger partial charge in [-0.15, -0.1) is 0 Å². The first-order valence-electron chi connectivity index (χ1n) is 8.00. The van der Waals surface area contributed by atoms with E-state index in [0.717, 1.165) is 17.8 Å². The van der Waals surface area contributed by atoms with Gasteiger partial charge in [0.15, 0.2) is 11.5 Å². The van der Waals surface area contributed by atoms with E-state index in [-0.39, 0.29) is 17.5 Å². The molecule has 0 heterocycles. The molecule has 0 aliphatic carbocycles. The third-order valence-electron chi connectivity index (χ3n) is 3.59. The van der Waals surface area contributed by atoms with Gasteiger partial charge in [-0.05, 0) is 24.1 Å². The van der Waals surface area contributed by atoms with Gasteiger partial charge in [0.05, 0.1) is 0 Å². The average Bonchev–Trinajstić information content (AvgIpc) is 2.58. The lowest BCUT2D eigenvalue weighted by molar-refractivity contribution is 0.402. The van der Waals surface area contributed by atoms with Crippen LogP contribution < -0.4 is 5.73 Å². The summed E-state index contributed by atoms with van der Waals surface area (Å²) in [5, 5.41) is 18.9. The maximum absolute atomic E-state index is 9.54. The van der Waals surface area contributed by atoms with Crippen molar-refractivity contribution in [1.29, 1.82) is 0 Å². The number of guanidine groups is 1. The predicted octanol–water partition coefficient (Wildman–Crippen LogP) is 2.13. The van der Waals surface area contributed by atoms with Gasteiger partial charge in [0.1, 0.15) is 11.7 Å². The zero-order valence-electron chi connectivity index (χ0n) is 14.8. The van der Waals surface area contributed by atoms with Crippen LogP contribution in [0.5, 0.6) is 11.5 Å². The van der Waals surface area contributed by atoms with Crippen LogP contribution in [0.15, 0.2) is 33.2 Å². The largest absolute Gasteiger partial charge is 0.504 e. The Balaban J connectivity index is 2.77. The smallest absolute Gasteiger partial charge is 0.223 e. The Kier molecular flexibility index (Phi) is 7.74. The second kappa shape index (κ2) is 9.54. The normalized spacial score (nSPS) is 13.2. The zero-order chi connectivity index (χ0) is 18.1. The Morgan fingerprint density at radius 3 is 2.38 bits per heavy atom. The van der Waals surface area contributed by atoms with Crippen LogP contribution in [0.3, 0.4) is 0 Å². The lowest BCUT2D eigenvalue weighted by Gasteiger charge is -2.20. The van der Waals surface area contributed by atoms with Crippen LogP contribution in [0.1, 0.15) is 32.3 Å². The third kappa shape index (κ3) is 5.91. The van der Waals surface area contributed by atoms with E-state index in [4.69, 9.17) is 5.73 Å². The highest BCUT2D eigenvalue weighted by Crippen LogP contribution is 2.25.